The summed E-state index contributed by atoms with van der Waals surface area (Å²) in [4.78, 5) is 0. The van der Waals surface area contributed by atoms with Crippen LogP contribution in [0.15, 0.2) is 0 Å². The Balaban J connectivity index is 1.32. The Morgan fingerprint density at radius 2 is 1.88 bits per heavy atom. The van der Waals surface area contributed by atoms with Crippen LogP contribution in [0.2, 0.25) is 0 Å². The van der Waals surface area contributed by atoms with E-state index in [0.29, 0.717) is 13.0 Å². The Morgan fingerprint density at radius 3 is 2.58 bits per heavy atom. The molecule has 3 atom stereocenters. The highest BCUT2D eigenvalue weighted by molar-refractivity contribution is 7.89. The van der Waals surface area contributed by atoms with Gasteiger partial charge in [-0.25, -0.2) is 8.42 Å². The average Bonchev–Trinajstić information content (AvgIpc) is 3.19. The first-order valence-electron chi connectivity index (χ1n) is 9.61. The molecule has 1 saturated carbocycles. The van der Waals surface area contributed by atoms with Crippen LogP contribution < -0.4 is 5.32 Å². The molecule has 2 saturated heterocycles. The van der Waals surface area contributed by atoms with Crippen molar-refractivity contribution in [1.29, 1.82) is 0 Å². The van der Waals surface area contributed by atoms with E-state index in [1.54, 1.807) is 0 Å². The predicted molar refractivity (Wildman–Crippen MR) is 92.2 cm³/mol. The Bertz CT molecular complexity index is 564. The molecule has 1 N–H and O–H groups in total. The molecular weight excluding hydrogens is 369 g/mol. The van der Waals surface area contributed by atoms with Crippen LogP contribution in [0.1, 0.15) is 38.5 Å². The molecule has 2 aliphatic heterocycles. The average molecular weight is 398 g/mol. The molecule has 1 aliphatic carbocycles. The maximum atomic E-state index is 12.3. The highest BCUT2D eigenvalue weighted by Gasteiger charge is 2.42. The van der Waals surface area contributed by atoms with Gasteiger partial charge in [0, 0.05) is 19.7 Å². The number of halogens is 3. The maximum absolute atomic E-state index is 12.3. The van der Waals surface area contributed by atoms with Crippen molar-refractivity contribution in [2.75, 3.05) is 38.5 Å². The molecule has 3 fully saturated rings. The van der Waals surface area contributed by atoms with Crippen LogP contribution in [0.25, 0.3) is 0 Å². The fourth-order valence-corrected chi connectivity index (χ4v) is 5.82. The van der Waals surface area contributed by atoms with Crippen LogP contribution in [0.3, 0.4) is 0 Å². The number of ether oxygens (including phenoxy) is 1. The van der Waals surface area contributed by atoms with Crippen molar-refractivity contribution in [3.8, 4) is 0 Å². The third-order valence-corrected chi connectivity index (χ3v) is 7.79. The lowest BCUT2D eigenvalue weighted by molar-refractivity contribution is -0.130. The van der Waals surface area contributed by atoms with Crippen LogP contribution in [0, 0.1) is 17.8 Å². The molecule has 26 heavy (non-hydrogen) atoms. The molecule has 0 radical (unpaired) electrons. The van der Waals surface area contributed by atoms with Crippen molar-refractivity contribution in [3.05, 3.63) is 0 Å². The lowest BCUT2D eigenvalue weighted by Gasteiger charge is -2.22. The molecule has 3 aliphatic rings. The number of hydrogen-bond acceptors (Lipinski definition) is 4. The Hall–Kier alpha value is -0.380. The molecule has 3 rings (SSSR count). The van der Waals surface area contributed by atoms with Gasteiger partial charge in [0.1, 0.15) is 0 Å². The van der Waals surface area contributed by atoms with Gasteiger partial charge in [-0.3, -0.25) is 0 Å². The van der Waals surface area contributed by atoms with E-state index in [1.807, 2.05) is 0 Å². The number of rotatable bonds is 8. The minimum atomic E-state index is -4.45. The Labute approximate surface area is 153 Å². The number of nitrogens with one attached hydrogen (secondary N) is 1. The summed E-state index contributed by atoms with van der Waals surface area (Å²) in [6.45, 7) is 3.29. The lowest BCUT2D eigenvalue weighted by atomic mass is 9.91. The first-order chi connectivity index (χ1) is 12.2. The van der Waals surface area contributed by atoms with Gasteiger partial charge in [0.2, 0.25) is 10.0 Å². The first-order valence-corrected chi connectivity index (χ1v) is 11.2. The minimum Gasteiger partial charge on any atom is -0.377 e. The number of nitrogens with zero attached hydrogens (tertiary/aromatic N) is 1. The molecule has 0 spiro atoms. The monoisotopic (exact) mass is 398 g/mol. The summed E-state index contributed by atoms with van der Waals surface area (Å²) in [6, 6.07) is 0. The molecular formula is C17H29F3N2O3S. The van der Waals surface area contributed by atoms with E-state index in [0.717, 1.165) is 41.6 Å². The highest BCUT2D eigenvalue weighted by atomic mass is 32.2. The quantitative estimate of drug-likeness (QED) is 0.682. The van der Waals surface area contributed by atoms with Crippen LogP contribution in [0.5, 0.6) is 0 Å². The van der Waals surface area contributed by atoms with Crippen molar-refractivity contribution in [3.63, 3.8) is 0 Å². The molecule has 0 aromatic heterocycles. The minimum absolute atomic E-state index is 0.183. The third kappa shape index (κ3) is 5.81. The summed E-state index contributed by atoms with van der Waals surface area (Å²) in [6.07, 6.45) is -0.567. The van der Waals surface area contributed by atoms with Crippen LogP contribution in [0.4, 0.5) is 13.2 Å². The SMILES string of the molecule is O=S(=O)(CCC(F)(F)F)N1CC[C@H](OCC[C@@H]2CC2C2CCNCC2)C1. The van der Waals surface area contributed by atoms with Gasteiger partial charge in [-0.2, -0.15) is 17.5 Å². The summed E-state index contributed by atoms with van der Waals surface area (Å²) >= 11 is 0. The summed E-state index contributed by atoms with van der Waals surface area (Å²) in [5.41, 5.74) is 0. The zero-order chi connectivity index (χ0) is 18.8. The molecule has 9 heteroatoms. The number of sulfonamides is 1. The van der Waals surface area contributed by atoms with E-state index in [4.69, 9.17) is 4.74 Å². The summed E-state index contributed by atoms with van der Waals surface area (Å²) in [5.74, 6) is 1.51. The molecule has 152 valence electrons. The second kappa shape index (κ2) is 8.32. The van der Waals surface area contributed by atoms with Gasteiger partial charge < -0.3 is 10.1 Å². The van der Waals surface area contributed by atoms with Crippen LogP contribution in [-0.2, 0) is 14.8 Å². The Morgan fingerprint density at radius 1 is 1.15 bits per heavy atom. The van der Waals surface area contributed by atoms with E-state index in [2.05, 4.69) is 5.32 Å². The van der Waals surface area contributed by atoms with E-state index < -0.39 is 28.4 Å². The number of piperidine rings is 1. The predicted octanol–water partition coefficient (Wildman–Crippen LogP) is 2.39. The van der Waals surface area contributed by atoms with Crippen molar-refractivity contribution in [2.45, 2.75) is 50.8 Å². The summed E-state index contributed by atoms with van der Waals surface area (Å²) < 4.78 is 67.7. The standard InChI is InChI=1S/C17H29F3N2O3S/c18-17(19,20)5-10-26(23,24)22-8-3-15(12-22)25-9-4-14-11-16(14)13-1-6-21-7-2-13/h13-16,21H,1-12H2/t14-,15+,16?/m1/s1. The fourth-order valence-electron chi connectivity index (χ4n) is 4.30. The molecule has 2 heterocycles. The molecule has 1 unspecified atom stereocenters. The molecule has 0 aromatic carbocycles. The zero-order valence-electron chi connectivity index (χ0n) is 15.0. The van der Waals surface area contributed by atoms with E-state index in [-0.39, 0.29) is 19.2 Å². The maximum Gasteiger partial charge on any atom is 0.390 e. The van der Waals surface area contributed by atoms with Gasteiger partial charge in [0.25, 0.3) is 0 Å². The number of hydrogen-bond donors (Lipinski definition) is 1. The van der Waals surface area contributed by atoms with Crippen LogP contribution >= 0.6 is 0 Å². The van der Waals surface area contributed by atoms with Crippen molar-refractivity contribution in [1.82, 2.24) is 9.62 Å². The number of alkyl halides is 3. The van der Waals surface area contributed by atoms with Crippen molar-refractivity contribution in [2.24, 2.45) is 17.8 Å². The van der Waals surface area contributed by atoms with E-state index >= 15 is 0 Å². The second-order valence-corrected chi connectivity index (χ2v) is 9.94. The second-order valence-electron chi connectivity index (χ2n) is 7.86. The van der Waals surface area contributed by atoms with Gasteiger partial charge in [0.15, 0.2) is 0 Å². The summed E-state index contributed by atoms with van der Waals surface area (Å²) in [5, 5.41) is 3.39. The molecule has 0 bridgehead atoms. The van der Waals surface area contributed by atoms with E-state index in [9.17, 15) is 21.6 Å². The smallest absolute Gasteiger partial charge is 0.377 e. The largest absolute Gasteiger partial charge is 0.390 e. The van der Waals surface area contributed by atoms with Gasteiger partial charge in [-0.1, -0.05) is 0 Å². The topological polar surface area (TPSA) is 58.6 Å². The fraction of sp³-hybridized carbons (Fsp3) is 1.00. The third-order valence-electron chi connectivity index (χ3n) is 5.95. The van der Waals surface area contributed by atoms with Gasteiger partial charge in [-0.15, -0.1) is 0 Å². The van der Waals surface area contributed by atoms with Crippen LogP contribution in [-0.4, -0.2) is 63.5 Å². The van der Waals surface area contributed by atoms with Crippen molar-refractivity contribution >= 4 is 10.0 Å². The zero-order valence-corrected chi connectivity index (χ0v) is 15.8. The first kappa shape index (κ1) is 20.4. The normalized spacial score (nSPS) is 31.4. The summed E-state index contributed by atoms with van der Waals surface area (Å²) in [7, 11) is -3.85. The van der Waals surface area contributed by atoms with Gasteiger partial charge in [0.05, 0.1) is 18.3 Å². The highest BCUT2D eigenvalue weighted by Crippen LogP contribution is 2.49. The van der Waals surface area contributed by atoms with Crippen molar-refractivity contribution < 1.29 is 26.3 Å². The molecule has 5 nitrogen and oxygen atoms in total. The van der Waals surface area contributed by atoms with Gasteiger partial charge >= 0.3 is 6.18 Å². The Kier molecular flexibility index (Phi) is 6.52. The van der Waals surface area contributed by atoms with E-state index in [1.165, 1.54) is 19.3 Å². The lowest BCUT2D eigenvalue weighted by Crippen LogP contribution is -2.33. The van der Waals surface area contributed by atoms with Gasteiger partial charge in [-0.05, 0) is 62.9 Å². The molecule has 0 amide bonds. The molecule has 0 aromatic rings.